The Labute approximate surface area is 98.5 Å². The number of hydrogen-bond donors (Lipinski definition) is 2. The number of hydrogen-bond acceptors (Lipinski definition) is 2. The van der Waals surface area contributed by atoms with Gasteiger partial charge in [0.2, 0.25) is 5.91 Å². The number of nitrogens with one attached hydrogen (secondary N) is 1. The van der Waals surface area contributed by atoms with Crippen LogP contribution in [0.2, 0.25) is 5.02 Å². The quantitative estimate of drug-likeness (QED) is 0.634. The third-order valence-electron chi connectivity index (χ3n) is 1.80. The van der Waals surface area contributed by atoms with Gasteiger partial charge in [0.25, 0.3) is 0 Å². The molecule has 0 saturated heterocycles. The van der Waals surface area contributed by atoms with Gasteiger partial charge in [0.15, 0.2) is 0 Å². The van der Waals surface area contributed by atoms with Crippen molar-refractivity contribution in [2.45, 2.75) is 12.8 Å². The SMILES string of the molecule is Nc1ccc(Cl)c(NC(=O)CCCCl)c1. The third-order valence-corrected chi connectivity index (χ3v) is 2.40. The Morgan fingerprint density at radius 2 is 2.20 bits per heavy atom. The zero-order valence-electron chi connectivity index (χ0n) is 8.09. The summed E-state index contributed by atoms with van der Waals surface area (Å²) in [5, 5.41) is 3.15. The van der Waals surface area contributed by atoms with Crippen LogP contribution in [0.3, 0.4) is 0 Å². The van der Waals surface area contributed by atoms with Crippen LogP contribution in [0.5, 0.6) is 0 Å². The van der Waals surface area contributed by atoms with Gasteiger partial charge >= 0.3 is 0 Å². The van der Waals surface area contributed by atoms with Crippen LogP contribution in [0.25, 0.3) is 0 Å². The number of nitrogen functional groups attached to an aromatic ring is 1. The average molecular weight is 247 g/mol. The van der Waals surface area contributed by atoms with Crippen molar-refractivity contribution in [1.29, 1.82) is 0 Å². The Kier molecular flexibility index (Phi) is 4.72. The van der Waals surface area contributed by atoms with Crippen LogP contribution in [-0.4, -0.2) is 11.8 Å². The van der Waals surface area contributed by atoms with Crippen molar-refractivity contribution in [3.8, 4) is 0 Å². The fourth-order valence-electron chi connectivity index (χ4n) is 1.08. The van der Waals surface area contributed by atoms with Gasteiger partial charge in [0, 0.05) is 18.0 Å². The number of anilines is 2. The molecule has 0 aliphatic rings. The van der Waals surface area contributed by atoms with Gasteiger partial charge in [-0.15, -0.1) is 11.6 Å². The summed E-state index contributed by atoms with van der Waals surface area (Å²) in [5.74, 6) is 0.362. The summed E-state index contributed by atoms with van der Waals surface area (Å²) in [7, 11) is 0. The molecule has 0 aliphatic heterocycles. The molecule has 1 rings (SSSR count). The Morgan fingerprint density at radius 3 is 2.87 bits per heavy atom. The molecule has 0 heterocycles. The minimum Gasteiger partial charge on any atom is -0.399 e. The first kappa shape index (κ1) is 12.1. The smallest absolute Gasteiger partial charge is 0.224 e. The predicted octanol–water partition coefficient (Wildman–Crippen LogP) is 2.88. The summed E-state index contributed by atoms with van der Waals surface area (Å²) in [6.45, 7) is 0. The second kappa shape index (κ2) is 5.83. The van der Waals surface area contributed by atoms with E-state index in [1.165, 1.54) is 0 Å². The highest BCUT2D eigenvalue weighted by Gasteiger charge is 2.05. The number of halogens is 2. The molecule has 0 bridgehead atoms. The van der Waals surface area contributed by atoms with E-state index in [4.69, 9.17) is 28.9 Å². The normalized spacial score (nSPS) is 10.0. The number of rotatable bonds is 4. The molecule has 15 heavy (non-hydrogen) atoms. The minimum atomic E-state index is -0.108. The first-order valence-corrected chi connectivity index (χ1v) is 5.45. The number of nitrogens with two attached hydrogens (primary N) is 1. The largest absolute Gasteiger partial charge is 0.399 e. The molecule has 5 heteroatoms. The van der Waals surface area contributed by atoms with Crippen molar-refractivity contribution in [1.82, 2.24) is 0 Å². The fourth-order valence-corrected chi connectivity index (χ4v) is 1.38. The maximum Gasteiger partial charge on any atom is 0.224 e. The van der Waals surface area contributed by atoms with Gasteiger partial charge in [-0.2, -0.15) is 0 Å². The van der Waals surface area contributed by atoms with E-state index in [1.54, 1.807) is 18.2 Å². The maximum absolute atomic E-state index is 11.4. The van der Waals surface area contributed by atoms with E-state index in [9.17, 15) is 4.79 Å². The first-order chi connectivity index (χ1) is 7.13. The molecule has 0 fully saturated rings. The lowest BCUT2D eigenvalue weighted by Crippen LogP contribution is -2.11. The average Bonchev–Trinajstić information content (AvgIpc) is 2.20. The minimum absolute atomic E-state index is 0.108. The highest BCUT2D eigenvalue weighted by molar-refractivity contribution is 6.33. The lowest BCUT2D eigenvalue weighted by molar-refractivity contribution is -0.116. The fraction of sp³-hybridized carbons (Fsp3) is 0.300. The zero-order chi connectivity index (χ0) is 11.3. The van der Waals surface area contributed by atoms with Gasteiger partial charge in [-0.1, -0.05) is 11.6 Å². The van der Waals surface area contributed by atoms with Crippen LogP contribution >= 0.6 is 23.2 Å². The van der Waals surface area contributed by atoms with E-state index in [2.05, 4.69) is 5.32 Å². The predicted molar refractivity (Wildman–Crippen MR) is 64.4 cm³/mol. The summed E-state index contributed by atoms with van der Waals surface area (Å²) in [6, 6.07) is 4.95. The van der Waals surface area contributed by atoms with Crippen LogP contribution in [-0.2, 0) is 4.79 Å². The number of carbonyl (C=O) groups excluding carboxylic acids is 1. The Hall–Kier alpha value is -0.930. The van der Waals surface area contributed by atoms with Gasteiger partial charge in [-0.05, 0) is 24.6 Å². The first-order valence-electron chi connectivity index (χ1n) is 4.54. The zero-order valence-corrected chi connectivity index (χ0v) is 9.61. The molecular weight excluding hydrogens is 235 g/mol. The van der Waals surface area contributed by atoms with Crippen molar-refractivity contribution in [2.24, 2.45) is 0 Å². The van der Waals surface area contributed by atoms with E-state index >= 15 is 0 Å². The monoisotopic (exact) mass is 246 g/mol. The summed E-state index contributed by atoms with van der Waals surface area (Å²) in [5.41, 5.74) is 6.67. The second-order valence-corrected chi connectivity index (χ2v) is 3.87. The molecule has 0 spiro atoms. The van der Waals surface area contributed by atoms with Crippen LogP contribution in [0.15, 0.2) is 18.2 Å². The maximum atomic E-state index is 11.4. The molecule has 1 aromatic carbocycles. The highest BCUT2D eigenvalue weighted by Crippen LogP contribution is 2.24. The van der Waals surface area contributed by atoms with E-state index in [-0.39, 0.29) is 5.91 Å². The molecule has 0 radical (unpaired) electrons. The molecule has 1 aromatic rings. The van der Waals surface area contributed by atoms with Gasteiger partial charge < -0.3 is 11.1 Å². The molecular formula is C10H12Cl2N2O. The van der Waals surface area contributed by atoms with Crippen LogP contribution in [0.4, 0.5) is 11.4 Å². The van der Waals surface area contributed by atoms with Gasteiger partial charge in [0.1, 0.15) is 0 Å². The van der Waals surface area contributed by atoms with Crippen LogP contribution in [0, 0.1) is 0 Å². The molecule has 0 aromatic heterocycles. The highest BCUT2D eigenvalue weighted by atomic mass is 35.5. The molecule has 0 aliphatic carbocycles. The van der Waals surface area contributed by atoms with Crippen molar-refractivity contribution in [2.75, 3.05) is 16.9 Å². The molecule has 0 unspecified atom stereocenters. The molecule has 3 nitrogen and oxygen atoms in total. The summed E-state index contributed by atoms with van der Waals surface area (Å²) in [4.78, 5) is 11.4. The Bertz CT molecular complexity index is 355. The molecule has 0 atom stereocenters. The molecule has 3 N–H and O–H groups in total. The number of alkyl halides is 1. The summed E-state index contributed by atoms with van der Waals surface area (Å²) in [6.07, 6.45) is 1.03. The van der Waals surface area contributed by atoms with Gasteiger partial charge in [0.05, 0.1) is 10.7 Å². The molecule has 0 saturated carbocycles. The lowest BCUT2D eigenvalue weighted by atomic mass is 10.2. The topological polar surface area (TPSA) is 55.1 Å². The Balaban J connectivity index is 2.63. The van der Waals surface area contributed by atoms with Crippen LogP contribution < -0.4 is 11.1 Å². The Morgan fingerprint density at radius 1 is 1.47 bits per heavy atom. The summed E-state index contributed by atoms with van der Waals surface area (Å²) >= 11 is 11.4. The number of benzene rings is 1. The van der Waals surface area contributed by atoms with Gasteiger partial charge in [-0.3, -0.25) is 4.79 Å². The molecule has 82 valence electrons. The van der Waals surface area contributed by atoms with E-state index in [0.29, 0.717) is 35.1 Å². The van der Waals surface area contributed by atoms with Crippen molar-refractivity contribution < 1.29 is 4.79 Å². The van der Waals surface area contributed by atoms with Crippen molar-refractivity contribution >= 4 is 40.5 Å². The number of carbonyl (C=O) groups is 1. The summed E-state index contributed by atoms with van der Waals surface area (Å²) < 4.78 is 0. The van der Waals surface area contributed by atoms with Crippen LogP contribution in [0.1, 0.15) is 12.8 Å². The van der Waals surface area contributed by atoms with E-state index in [0.717, 1.165) is 0 Å². The van der Waals surface area contributed by atoms with Crippen molar-refractivity contribution in [3.05, 3.63) is 23.2 Å². The van der Waals surface area contributed by atoms with Gasteiger partial charge in [-0.25, -0.2) is 0 Å². The molecule has 1 amide bonds. The number of amides is 1. The third kappa shape index (κ3) is 3.98. The van der Waals surface area contributed by atoms with Crippen molar-refractivity contribution in [3.63, 3.8) is 0 Å². The van der Waals surface area contributed by atoms with E-state index in [1.807, 2.05) is 0 Å². The lowest BCUT2D eigenvalue weighted by Gasteiger charge is -2.07. The second-order valence-electron chi connectivity index (χ2n) is 3.08. The van der Waals surface area contributed by atoms with E-state index < -0.39 is 0 Å². The standard InChI is InChI=1S/C10H12Cl2N2O/c11-5-1-2-10(15)14-9-6-7(13)3-4-8(9)12/h3-4,6H,1-2,5,13H2,(H,14,15).